The Bertz CT molecular complexity index is 482. The van der Waals surface area contributed by atoms with Crippen LogP contribution in [0.2, 0.25) is 0 Å². The van der Waals surface area contributed by atoms with Crippen molar-refractivity contribution in [2.45, 2.75) is 19.4 Å². The number of hydrogen-bond acceptors (Lipinski definition) is 2. The van der Waals surface area contributed by atoms with Crippen LogP contribution in [0.1, 0.15) is 12.0 Å². The fourth-order valence-corrected chi connectivity index (χ4v) is 2.08. The second-order valence-electron chi connectivity index (χ2n) is 5.08. The lowest BCUT2D eigenvalue weighted by atomic mass is 10.2. The molecule has 0 aromatic heterocycles. The molecule has 1 aromatic carbocycles. The number of urea groups is 1. The maximum absolute atomic E-state index is 12.0. The summed E-state index contributed by atoms with van der Waals surface area (Å²) < 4.78 is 0. The summed E-state index contributed by atoms with van der Waals surface area (Å²) in [5.74, 6) is 0.0490. The second kappa shape index (κ2) is 5.30. The van der Waals surface area contributed by atoms with E-state index in [-0.39, 0.29) is 18.0 Å². The number of anilines is 1. The first kappa shape index (κ1) is 13.4. The molecule has 1 saturated heterocycles. The average molecular weight is 261 g/mol. The lowest BCUT2D eigenvalue weighted by Crippen LogP contribution is -2.42. The van der Waals surface area contributed by atoms with E-state index in [2.05, 4.69) is 5.32 Å². The molecule has 19 heavy (non-hydrogen) atoms. The van der Waals surface area contributed by atoms with Gasteiger partial charge in [-0.05, 0) is 19.1 Å². The van der Waals surface area contributed by atoms with Gasteiger partial charge < -0.3 is 15.1 Å². The molecule has 1 N–H and O–H groups in total. The van der Waals surface area contributed by atoms with Crippen molar-refractivity contribution < 1.29 is 9.59 Å². The standard InChI is InChI=1S/C14H19N3O2/c1-10-4-6-12(7-5-10)17-9-11(8-13(17)18)15-14(19)16(2)3/h4-7,11H,8-9H2,1-3H3,(H,15,19). The van der Waals surface area contributed by atoms with E-state index >= 15 is 0 Å². The van der Waals surface area contributed by atoms with E-state index in [1.165, 1.54) is 4.90 Å². The van der Waals surface area contributed by atoms with Gasteiger partial charge >= 0.3 is 6.03 Å². The third-order valence-corrected chi connectivity index (χ3v) is 3.20. The molecular weight excluding hydrogens is 242 g/mol. The van der Waals surface area contributed by atoms with Gasteiger partial charge in [0.2, 0.25) is 5.91 Å². The van der Waals surface area contributed by atoms with E-state index in [9.17, 15) is 9.59 Å². The van der Waals surface area contributed by atoms with Gasteiger partial charge in [-0.3, -0.25) is 4.79 Å². The predicted molar refractivity (Wildman–Crippen MR) is 74.2 cm³/mol. The van der Waals surface area contributed by atoms with Crippen molar-refractivity contribution in [3.63, 3.8) is 0 Å². The molecule has 5 nitrogen and oxygen atoms in total. The van der Waals surface area contributed by atoms with Gasteiger partial charge in [0, 0.05) is 32.7 Å². The first-order valence-electron chi connectivity index (χ1n) is 6.32. The molecular formula is C14H19N3O2. The number of amides is 3. The van der Waals surface area contributed by atoms with E-state index in [0.717, 1.165) is 11.3 Å². The van der Waals surface area contributed by atoms with E-state index in [1.807, 2.05) is 31.2 Å². The molecule has 1 aliphatic heterocycles. The third-order valence-electron chi connectivity index (χ3n) is 3.20. The minimum atomic E-state index is -0.163. The molecule has 1 aromatic rings. The van der Waals surface area contributed by atoms with Crippen molar-refractivity contribution in [1.29, 1.82) is 0 Å². The molecule has 1 fully saturated rings. The van der Waals surface area contributed by atoms with Crippen LogP contribution in [0.25, 0.3) is 0 Å². The molecule has 0 saturated carbocycles. The molecule has 2 rings (SSSR count). The van der Waals surface area contributed by atoms with Gasteiger partial charge in [-0.25, -0.2) is 4.79 Å². The van der Waals surface area contributed by atoms with Crippen molar-refractivity contribution in [2.24, 2.45) is 0 Å². The maximum atomic E-state index is 12.0. The summed E-state index contributed by atoms with van der Waals surface area (Å²) in [5.41, 5.74) is 2.05. The summed E-state index contributed by atoms with van der Waals surface area (Å²) >= 11 is 0. The molecule has 3 amide bonds. The lowest BCUT2D eigenvalue weighted by Gasteiger charge is -2.19. The quantitative estimate of drug-likeness (QED) is 0.874. The zero-order valence-corrected chi connectivity index (χ0v) is 11.5. The number of carbonyl (C=O) groups is 2. The van der Waals surface area contributed by atoms with Gasteiger partial charge in [0.25, 0.3) is 0 Å². The summed E-state index contributed by atoms with van der Waals surface area (Å²) in [6.07, 6.45) is 0.355. The fourth-order valence-electron chi connectivity index (χ4n) is 2.08. The molecule has 1 heterocycles. The molecule has 0 spiro atoms. The van der Waals surface area contributed by atoms with Crippen molar-refractivity contribution in [1.82, 2.24) is 10.2 Å². The van der Waals surface area contributed by atoms with Crippen molar-refractivity contribution >= 4 is 17.6 Å². The van der Waals surface area contributed by atoms with Crippen LogP contribution in [0.4, 0.5) is 10.5 Å². The first-order chi connectivity index (χ1) is 8.97. The highest BCUT2D eigenvalue weighted by atomic mass is 16.2. The number of hydrogen-bond donors (Lipinski definition) is 1. The van der Waals surface area contributed by atoms with Gasteiger partial charge in [-0.2, -0.15) is 0 Å². The van der Waals surface area contributed by atoms with Crippen LogP contribution in [-0.2, 0) is 4.79 Å². The number of benzene rings is 1. The molecule has 1 aliphatic rings. The number of nitrogens with one attached hydrogen (secondary N) is 1. The Balaban J connectivity index is 2.03. The Morgan fingerprint density at radius 1 is 1.32 bits per heavy atom. The minimum Gasteiger partial charge on any atom is -0.333 e. The van der Waals surface area contributed by atoms with Crippen LogP contribution in [0.5, 0.6) is 0 Å². The van der Waals surface area contributed by atoms with Gasteiger partial charge in [-0.15, -0.1) is 0 Å². The molecule has 5 heteroatoms. The Kier molecular flexibility index (Phi) is 3.74. The van der Waals surface area contributed by atoms with Crippen LogP contribution in [-0.4, -0.2) is 43.5 Å². The zero-order valence-electron chi connectivity index (χ0n) is 11.5. The monoisotopic (exact) mass is 261 g/mol. The Labute approximate surface area is 113 Å². The summed E-state index contributed by atoms with van der Waals surface area (Å²) in [7, 11) is 3.37. The summed E-state index contributed by atoms with van der Waals surface area (Å²) in [4.78, 5) is 26.8. The lowest BCUT2D eigenvalue weighted by molar-refractivity contribution is -0.117. The average Bonchev–Trinajstić information content (AvgIpc) is 2.71. The van der Waals surface area contributed by atoms with Crippen molar-refractivity contribution in [3.05, 3.63) is 29.8 Å². The molecule has 102 valence electrons. The van der Waals surface area contributed by atoms with Crippen LogP contribution in [0, 0.1) is 6.92 Å². The van der Waals surface area contributed by atoms with Gasteiger partial charge in [0.1, 0.15) is 0 Å². The third kappa shape index (κ3) is 3.05. The van der Waals surface area contributed by atoms with Gasteiger partial charge in [0.15, 0.2) is 0 Å². The van der Waals surface area contributed by atoms with Gasteiger partial charge in [-0.1, -0.05) is 17.7 Å². The smallest absolute Gasteiger partial charge is 0.317 e. The molecule has 1 unspecified atom stereocenters. The predicted octanol–water partition coefficient (Wildman–Crippen LogP) is 1.37. The zero-order chi connectivity index (χ0) is 14.0. The van der Waals surface area contributed by atoms with Crippen LogP contribution in [0.3, 0.4) is 0 Å². The molecule has 0 radical (unpaired) electrons. The Morgan fingerprint density at radius 3 is 2.53 bits per heavy atom. The number of nitrogens with zero attached hydrogens (tertiary/aromatic N) is 2. The van der Waals surface area contributed by atoms with E-state index < -0.39 is 0 Å². The SMILES string of the molecule is Cc1ccc(N2CC(NC(=O)N(C)C)CC2=O)cc1. The minimum absolute atomic E-state index is 0.0490. The molecule has 1 atom stereocenters. The van der Waals surface area contributed by atoms with E-state index in [1.54, 1.807) is 19.0 Å². The molecule has 0 aliphatic carbocycles. The number of rotatable bonds is 2. The number of carbonyl (C=O) groups excluding carboxylic acids is 2. The Morgan fingerprint density at radius 2 is 1.95 bits per heavy atom. The summed E-state index contributed by atoms with van der Waals surface area (Å²) in [5, 5.41) is 2.84. The molecule has 0 bridgehead atoms. The van der Waals surface area contributed by atoms with Crippen molar-refractivity contribution in [3.8, 4) is 0 Å². The highest BCUT2D eigenvalue weighted by molar-refractivity contribution is 5.96. The first-order valence-corrected chi connectivity index (χ1v) is 6.32. The fraction of sp³-hybridized carbons (Fsp3) is 0.429. The summed E-state index contributed by atoms with van der Waals surface area (Å²) in [6.45, 7) is 2.54. The van der Waals surface area contributed by atoms with Crippen LogP contribution in [0.15, 0.2) is 24.3 Å². The van der Waals surface area contributed by atoms with Gasteiger partial charge in [0.05, 0.1) is 6.04 Å². The Hall–Kier alpha value is -2.04. The second-order valence-corrected chi connectivity index (χ2v) is 5.08. The number of aryl methyl sites for hydroxylation is 1. The van der Waals surface area contributed by atoms with Crippen molar-refractivity contribution in [2.75, 3.05) is 25.5 Å². The topological polar surface area (TPSA) is 52.7 Å². The normalized spacial score (nSPS) is 18.6. The van der Waals surface area contributed by atoms with E-state index in [0.29, 0.717) is 13.0 Å². The van der Waals surface area contributed by atoms with Crippen LogP contribution < -0.4 is 10.2 Å². The maximum Gasteiger partial charge on any atom is 0.317 e. The summed E-state index contributed by atoms with van der Waals surface area (Å²) in [6, 6.07) is 7.54. The highest BCUT2D eigenvalue weighted by Gasteiger charge is 2.31. The van der Waals surface area contributed by atoms with E-state index in [4.69, 9.17) is 0 Å². The largest absolute Gasteiger partial charge is 0.333 e. The van der Waals surface area contributed by atoms with Crippen LogP contribution >= 0.6 is 0 Å². The highest BCUT2D eigenvalue weighted by Crippen LogP contribution is 2.21.